The van der Waals surface area contributed by atoms with Crippen LogP contribution in [0.4, 0.5) is 22.7 Å². The average Bonchev–Trinajstić information content (AvgIpc) is 3.91. The van der Waals surface area contributed by atoms with E-state index in [0.717, 1.165) is 52.7 Å². The Morgan fingerprint density at radius 3 is 1.82 bits per heavy atom. The molecular formula is C61H60N3O4+. The number of hydrogen-bond acceptors (Lipinski definition) is 6. The van der Waals surface area contributed by atoms with Crippen LogP contribution in [0.2, 0.25) is 0 Å². The van der Waals surface area contributed by atoms with Gasteiger partial charge in [0, 0.05) is 57.0 Å². The van der Waals surface area contributed by atoms with Crippen molar-refractivity contribution >= 4 is 61.9 Å². The van der Waals surface area contributed by atoms with E-state index in [2.05, 4.69) is 213 Å². The average molecular weight is 899 g/mol. The number of anilines is 3. The van der Waals surface area contributed by atoms with Crippen LogP contribution in [0.25, 0.3) is 21.5 Å². The molecule has 0 amide bonds. The smallest absolute Gasteiger partial charge is 0.333 e. The molecule has 0 atom stereocenters. The lowest BCUT2D eigenvalue weighted by Crippen LogP contribution is -2.29. The van der Waals surface area contributed by atoms with Gasteiger partial charge in [-0.2, -0.15) is 4.58 Å². The normalized spacial score (nSPS) is 17.1. The zero-order valence-corrected chi connectivity index (χ0v) is 40.1. The summed E-state index contributed by atoms with van der Waals surface area (Å²) in [6, 6.07) is 47.2. The maximum atomic E-state index is 12.6. The molecule has 2 heterocycles. The Kier molecular flexibility index (Phi) is 12.5. The summed E-state index contributed by atoms with van der Waals surface area (Å²) in [4.78, 5) is 29.9. The number of para-hydroxylation sites is 2. The van der Waals surface area contributed by atoms with Gasteiger partial charge < -0.3 is 19.3 Å². The summed E-state index contributed by atoms with van der Waals surface area (Å²) in [7, 11) is 0. The SMILES string of the molecule is C=C(C)C(=O)OCCN1/C(=C/C=C2\CCC(/C=C/C3=[N+](CCOC(=O)C(=C)C)c4ccc5ccccc5c4C3(C)C)=C2N(c2ccccc2)c2ccccc2)C(C)(C)c2c1ccc1ccccc21. The number of esters is 2. The second kappa shape index (κ2) is 18.6. The van der Waals surface area contributed by atoms with Crippen molar-refractivity contribution in [2.45, 2.75) is 65.2 Å². The fourth-order valence-electron chi connectivity index (χ4n) is 10.5. The van der Waals surface area contributed by atoms with E-state index in [1.807, 2.05) is 0 Å². The number of carbonyl (C=O) groups is 2. The number of fused-ring (bicyclic) bond motifs is 6. The molecule has 0 saturated carbocycles. The largest absolute Gasteiger partial charge is 0.460 e. The molecule has 0 aromatic heterocycles. The molecule has 7 heteroatoms. The lowest BCUT2D eigenvalue weighted by Gasteiger charge is -2.29. The lowest BCUT2D eigenvalue weighted by atomic mass is 9.79. The Bertz CT molecular complexity index is 3130. The predicted molar refractivity (Wildman–Crippen MR) is 279 cm³/mol. The third kappa shape index (κ3) is 8.42. The molecule has 7 nitrogen and oxygen atoms in total. The number of allylic oxidation sites excluding steroid dienone is 7. The molecule has 68 heavy (non-hydrogen) atoms. The molecule has 6 aromatic rings. The molecule has 0 fully saturated rings. The number of rotatable bonds is 14. The molecule has 1 aliphatic carbocycles. The second-order valence-electron chi connectivity index (χ2n) is 19.1. The van der Waals surface area contributed by atoms with Crippen LogP contribution in [-0.4, -0.2) is 48.5 Å². The Labute approximate surface area is 401 Å². The lowest BCUT2D eigenvalue weighted by molar-refractivity contribution is -0.440. The van der Waals surface area contributed by atoms with Crippen molar-refractivity contribution in [2.75, 3.05) is 36.1 Å². The van der Waals surface area contributed by atoms with E-state index in [4.69, 9.17) is 9.47 Å². The van der Waals surface area contributed by atoms with Crippen molar-refractivity contribution in [1.82, 2.24) is 0 Å². The summed E-state index contributed by atoms with van der Waals surface area (Å²) in [6.45, 7) is 21.6. The van der Waals surface area contributed by atoms with Gasteiger partial charge in [-0.1, -0.05) is 130 Å². The minimum Gasteiger partial charge on any atom is -0.460 e. The van der Waals surface area contributed by atoms with E-state index >= 15 is 0 Å². The van der Waals surface area contributed by atoms with Gasteiger partial charge in [0.25, 0.3) is 0 Å². The van der Waals surface area contributed by atoms with Crippen LogP contribution in [-0.2, 0) is 29.9 Å². The Hall–Kier alpha value is -7.51. The standard InChI is InChI=1S/C61H60N3O4/c1-41(2)58(65)67-39-37-62-51-33-29-43-19-15-17-25-49(43)55(51)60(5,6)53(62)35-31-45-27-28-46(57(45)64(47-21-11-9-12-22-47)48-23-13-10-14-24-48)32-36-54-61(7,8)56-50-26-18-16-20-44(50)30-34-52(56)63(54)38-40-68-59(66)42(3)4/h9-26,29-36H,1,3,27-28,37-40H2,2,4-8H3/q+1. The minimum absolute atomic E-state index is 0.222. The molecule has 3 aliphatic rings. The van der Waals surface area contributed by atoms with Gasteiger partial charge in [0.2, 0.25) is 5.69 Å². The fourth-order valence-corrected chi connectivity index (χ4v) is 10.5. The van der Waals surface area contributed by atoms with Crippen molar-refractivity contribution in [3.05, 3.63) is 216 Å². The van der Waals surface area contributed by atoms with E-state index in [0.29, 0.717) is 24.2 Å². The summed E-state index contributed by atoms with van der Waals surface area (Å²) >= 11 is 0. The van der Waals surface area contributed by atoms with Gasteiger partial charge in [-0.25, -0.2) is 9.59 Å². The molecule has 0 spiro atoms. The highest BCUT2D eigenvalue weighted by Crippen LogP contribution is 2.51. The number of nitrogens with zero attached hydrogens (tertiary/aromatic N) is 3. The summed E-state index contributed by atoms with van der Waals surface area (Å²) in [5.41, 5.74) is 12.7. The van der Waals surface area contributed by atoms with Crippen LogP contribution < -0.4 is 9.80 Å². The Balaban J connectivity index is 1.20. The zero-order chi connectivity index (χ0) is 47.7. The fraction of sp³-hybridized carbons (Fsp3) is 0.230. The van der Waals surface area contributed by atoms with Gasteiger partial charge in [0.05, 0.1) is 17.7 Å². The van der Waals surface area contributed by atoms with Crippen molar-refractivity contribution < 1.29 is 23.6 Å². The van der Waals surface area contributed by atoms with E-state index < -0.39 is 0 Å². The number of benzene rings is 6. The van der Waals surface area contributed by atoms with E-state index in [1.54, 1.807) is 13.8 Å². The predicted octanol–water partition coefficient (Wildman–Crippen LogP) is 13.7. The molecule has 9 rings (SSSR count). The van der Waals surface area contributed by atoms with E-state index in [9.17, 15) is 9.59 Å². The van der Waals surface area contributed by atoms with Crippen molar-refractivity contribution in [3.8, 4) is 0 Å². The number of carbonyl (C=O) groups excluding carboxylic acids is 2. The Morgan fingerprint density at radius 1 is 0.647 bits per heavy atom. The topological polar surface area (TPSA) is 62.1 Å². The first kappa shape index (κ1) is 45.6. The first-order chi connectivity index (χ1) is 32.8. The number of ether oxygens (including phenoxy) is 2. The molecule has 342 valence electrons. The summed E-state index contributed by atoms with van der Waals surface area (Å²) in [5.74, 6) is -0.771. The molecule has 0 radical (unpaired) electrons. The van der Waals surface area contributed by atoms with Gasteiger partial charge in [0.15, 0.2) is 18.9 Å². The highest BCUT2D eigenvalue weighted by molar-refractivity contribution is 6.08. The molecule has 0 bridgehead atoms. The van der Waals surface area contributed by atoms with Crippen LogP contribution in [0.15, 0.2) is 205 Å². The first-order valence-electron chi connectivity index (χ1n) is 23.6. The molecule has 2 aliphatic heterocycles. The van der Waals surface area contributed by atoms with Crippen molar-refractivity contribution in [1.29, 1.82) is 0 Å². The van der Waals surface area contributed by atoms with Gasteiger partial charge in [-0.15, -0.1) is 0 Å². The summed E-state index contributed by atoms with van der Waals surface area (Å²) in [6.07, 6.45) is 10.9. The number of hydrogen-bond donors (Lipinski definition) is 0. The van der Waals surface area contributed by atoms with Crippen LogP contribution in [0.5, 0.6) is 0 Å². The van der Waals surface area contributed by atoms with Crippen LogP contribution in [0.1, 0.15) is 65.5 Å². The molecule has 0 saturated heterocycles. The maximum absolute atomic E-state index is 12.6. The van der Waals surface area contributed by atoms with Gasteiger partial charge in [-0.3, -0.25) is 0 Å². The summed E-state index contributed by atoms with van der Waals surface area (Å²) in [5, 5.41) is 4.82. The second-order valence-corrected chi connectivity index (χ2v) is 19.1. The van der Waals surface area contributed by atoms with Gasteiger partial charge >= 0.3 is 11.9 Å². The monoisotopic (exact) mass is 898 g/mol. The quantitative estimate of drug-likeness (QED) is 0.0617. The maximum Gasteiger partial charge on any atom is 0.333 e. The minimum atomic E-state index is -0.385. The van der Waals surface area contributed by atoms with Gasteiger partial charge in [-0.05, 0) is 121 Å². The first-order valence-corrected chi connectivity index (χ1v) is 23.6. The van der Waals surface area contributed by atoms with Gasteiger partial charge in [0.1, 0.15) is 6.61 Å². The highest BCUT2D eigenvalue weighted by Gasteiger charge is 2.46. The summed E-state index contributed by atoms with van der Waals surface area (Å²) < 4.78 is 13.8. The van der Waals surface area contributed by atoms with E-state index in [-0.39, 0.29) is 36.0 Å². The van der Waals surface area contributed by atoms with E-state index in [1.165, 1.54) is 43.8 Å². The molecule has 0 N–H and O–H groups in total. The zero-order valence-electron chi connectivity index (χ0n) is 40.1. The third-order valence-corrected chi connectivity index (χ3v) is 13.7. The van der Waals surface area contributed by atoms with Crippen LogP contribution >= 0.6 is 0 Å². The molecule has 0 unspecified atom stereocenters. The highest BCUT2D eigenvalue weighted by atomic mass is 16.5. The van der Waals surface area contributed by atoms with Crippen LogP contribution in [0.3, 0.4) is 0 Å². The molecule has 6 aromatic carbocycles. The van der Waals surface area contributed by atoms with Crippen molar-refractivity contribution in [3.63, 3.8) is 0 Å². The third-order valence-electron chi connectivity index (χ3n) is 13.7. The molecular weight excluding hydrogens is 839 g/mol. The van der Waals surface area contributed by atoms with Crippen LogP contribution in [0, 0.1) is 0 Å². The Morgan fingerprint density at radius 2 is 1.21 bits per heavy atom. The van der Waals surface area contributed by atoms with Crippen molar-refractivity contribution in [2.24, 2.45) is 0 Å².